The van der Waals surface area contributed by atoms with Crippen LogP contribution in [0.4, 0.5) is 0 Å². The molecule has 7 nitrogen and oxygen atoms in total. The lowest BCUT2D eigenvalue weighted by atomic mass is 10.2. The average molecular weight is 283 g/mol. The first-order valence-electron chi connectivity index (χ1n) is 5.31. The zero-order valence-corrected chi connectivity index (χ0v) is 10.8. The number of nitriles is 1. The number of hydroxylamine groups is 1. The van der Waals surface area contributed by atoms with Gasteiger partial charge in [0.25, 0.3) is 0 Å². The molecule has 8 heteroatoms. The van der Waals surface area contributed by atoms with Crippen LogP contribution >= 0.6 is 0 Å². The number of carbonyl (C=O) groups excluding carboxylic acids is 1. The van der Waals surface area contributed by atoms with Crippen LogP contribution in [0.25, 0.3) is 0 Å². The minimum atomic E-state index is -3.50. The first kappa shape index (κ1) is 15.1. The van der Waals surface area contributed by atoms with Gasteiger partial charge >= 0.3 is 0 Å². The molecule has 0 aliphatic heterocycles. The molecule has 19 heavy (non-hydrogen) atoms. The summed E-state index contributed by atoms with van der Waals surface area (Å²) in [6.45, 7) is -0.323. The first-order valence-corrected chi connectivity index (χ1v) is 6.97. The van der Waals surface area contributed by atoms with Gasteiger partial charge in [0.1, 0.15) is 6.61 Å². The second-order valence-corrected chi connectivity index (χ2v) is 5.72. The van der Waals surface area contributed by atoms with Gasteiger partial charge in [0.2, 0.25) is 5.91 Å². The lowest BCUT2D eigenvalue weighted by molar-refractivity contribution is -0.125. The molecule has 0 saturated heterocycles. The molecule has 0 aromatic heterocycles. The van der Waals surface area contributed by atoms with E-state index in [1.165, 1.54) is 24.3 Å². The Kier molecular flexibility index (Phi) is 5.44. The summed E-state index contributed by atoms with van der Waals surface area (Å²) in [7, 11) is -3.50. The predicted octanol–water partition coefficient (Wildman–Crippen LogP) is -0.662. The standard InChI is InChI=1S/C11H13N3O4S/c12-7-9-2-1-3-10(6-9)19(16,17)5-4-14-18-8-11(13)15/h1-3,6,14H,4-5,8H2,(H2,13,15). The second kappa shape index (κ2) is 6.84. The number of rotatable bonds is 7. The Morgan fingerprint density at radius 3 is 2.84 bits per heavy atom. The fourth-order valence-electron chi connectivity index (χ4n) is 1.25. The molecule has 1 amide bonds. The van der Waals surface area contributed by atoms with Gasteiger partial charge in [-0.2, -0.15) is 5.26 Å². The molecule has 102 valence electrons. The van der Waals surface area contributed by atoms with E-state index in [9.17, 15) is 13.2 Å². The van der Waals surface area contributed by atoms with E-state index in [-0.39, 0.29) is 29.4 Å². The van der Waals surface area contributed by atoms with Crippen molar-refractivity contribution in [1.82, 2.24) is 5.48 Å². The zero-order chi connectivity index (χ0) is 14.3. The van der Waals surface area contributed by atoms with Crippen LogP contribution in [-0.2, 0) is 19.5 Å². The minimum absolute atomic E-state index is 0.00634. The van der Waals surface area contributed by atoms with E-state index in [1.54, 1.807) is 0 Å². The van der Waals surface area contributed by atoms with Crippen LogP contribution in [0.2, 0.25) is 0 Å². The molecule has 1 aromatic carbocycles. The monoisotopic (exact) mass is 283 g/mol. The number of sulfone groups is 1. The quantitative estimate of drug-likeness (QED) is 0.506. The van der Waals surface area contributed by atoms with Gasteiger partial charge in [-0.3, -0.25) is 9.63 Å². The van der Waals surface area contributed by atoms with Crippen LogP contribution in [0.1, 0.15) is 5.56 Å². The van der Waals surface area contributed by atoms with E-state index >= 15 is 0 Å². The number of primary amides is 1. The highest BCUT2D eigenvalue weighted by Gasteiger charge is 2.14. The molecule has 0 fully saturated rings. The van der Waals surface area contributed by atoms with Gasteiger partial charge in [0.05, 0.1) is 22.3 Å². The van der Waals surface area contributed by atoms with Crippen molar-refractivity contribution in [3.63, 3.8) is 0 Å². The Labute approximate surface area is 110 Å². The van der Waals surface area contributed by atoms with Gasteiger partial charge < -0.3 is 5.73 Å². The highest BCUT2D eigenvalue weighted by atomic mass is 32.2. The maximum atomic E-state index is 11.9. The van der Waals surface area contributed by atoms with Crippen LogP contribution in [0, 0.1) is 11.3 Å². The third-order valence-corrected chi connectivity index (χ3v) is 3.83. The average Bonchev–Trinajstić information content (AvgIpc) is 2.38. The molecular weight excluding hydrogens is 270 g/mol. The third-order valence-electron chi connectivity index (χ3n) is 2.11. The van der Waals surface area contributed by atoms with Gasteiger partial charge in [-0.1, -0.05) is 6.07 Å². The molecule has 0 saturated carbocycles. The molecule has 0 aliphatic rings. The van der Waals surface area contributed by atoms with E-state index in [2.05, 4.69) is 10.3 Å². The highest BCUT2D eigenvalue weighted by molar-refractivity contribution is 7.91. The van der Waals surface area contributed by atoms with Crippen molar-refractivity contribution in [2.45, 2.75) is 4.90 Å². The SMILES string of the molecule is N#Cc1cccc(S(=O)(=O)CCNOCC(N)=O)c1. The van der Waals surface area contributed by atoms with E-state index < -0.39 is 15.7 Å². The van der Waals surface area contributed by atoms with Gasteiger partial charge in [-0.05, 0) is 18.2 Å². The zero-order valence-electron chi connectivity index (χ0n) is 10.00. The molecular formula is C11H13N3O4S. The van der Waals surface area contributed by atoms with E-state index in [4.69, 9.17) is 11.0 Å². The molecule has 1 aromatic rings. The number of hydrogen-bond acceptors (Lipinski definition) is 6. The van der Waals surface area contributed by atoms with Gasteiger partial charge in [0, 0.05) is 6.54 Å². The van der Waals surface area contributed by atoms with Gasteiger partial charge in [-0.25, -0.2) is 13.9 Å². The topological polar surface area (TPSA) is 122 Å². The molecule has 0 spiro atoms. The second-order valence-electron chi connectivity index (χ2n) is 3.61. The number of amides is 1. The number of hydrogen-bond donors (Lipinski definition) is 2. The van der Waals surface area contributed by atoms with Crippen LogP contribution in [0.15, 0.2) is 29.2 Å². The Morgan fingerprint density at radius 2 is 2.21 bits per heavy atom. The fourth-order valence-corrected chi connectivity index (χ4v) is 2.43. The van der Waals surface area contributed by atoms with Crippen molar-refractivity contribution < 1.29 is 18.0 Å². The molecule has 3 N–H and O–H groups in total. The van der Waals surface area contributed by atoms with Gasteiger partial charge in [0.15, 0.2) is 9.84 Å². The summed E-state index contributed by atoms with van der Waals surface area (Å²) in [5.74, 6) is -0.877. The molecule has 0 bridgehead atoms. The number of nitrogens with one attached hydrogen (secondary N) is 1. The maximum Gasteiger partial charge on any atom is 0.245 e. The summed E-state index contributed by atoms with van der Waals surface area (Å²) in [4.78, 5) is 15.1. The van der Waals surface area contributed by atoms with Crippen LogP contribution in [-0.4, -0.2) is 33.2 Å². The van der Waals surface area contributed by atoms with E-state index in [0.29, 0.717) is 0 Å². The summed E-state index contributed by atoms with van der Waals surface area (Å²) in [6, 6.07) is 7.62. The Morgan fingerprint density at radius 1 is 1.47 bits per heavy atom. The Balaban J connectivity index is 2.56. The number of carbonyl (C=O) groups is 1. The first-order chi connectivity index (χ1) is 8.95. The number of nitrogens with two attached hydrogens (primary N) is 1. The summed E-state index contributed by atoms with van der Waals surface area (Å²) in [5, 5.41) is 8.70. The Hall–Kier alpha value is -1.95. The van der Waals surface area contributed by atoms with Crippen molar-refractivity contribution in [2.24, 2.45) is 5.73 Å². The predicted molar refractivity (Wildman–Crippen MR) is 66.4 cm³/mol. The minimum Gasteiger partial charge on any atom is -0.368 e. The largest absolute Gasteiger partial charge is 0.368 e. The molecule has 0 radical (unpaired) electrons. The summed E-state index contributed by atoms with van der Waals surface area (Å²) >= 11 is 0. The van der Waals surface area contributed by atoms with Gasteiger partial charge in [-0.15, -0.1) is 0 Å². The van der Waals surface area contributed by atoms with Crippen molar-refractivity contribution >= 4 is 15.7 Å². The van der Waals surface area contributed by atoms with Crippen molar-refractivity contribution in [3.05, 3.63) is 29.8 Å². The van der Waals surface area contributed by atoms with E-state index in [1.807, 2.05) is 6.07 Å². The molecule has 0 unspecified atom stereocenters. The van der Waals surface area contributed by atoms with Crippen LogP contribution in [0.5, 0.6) is 0 Å². The molecule has 0 atom stereocenters. The summed E-state index contributed by atoms with van der Waals surface area (Å²) < 4.78 is 23.8. The number of nitrogens with zero attached hydrogens (tertiary/aromatic N) is 1. The summed E-state index contributed by atoms with van der Waals surface area (Å²) in [5.41, 5.74) is 7.43. The maximum absolute atomic E-state index is 11.9. The summed E-state index contributed by atoms with van der Waals surface area (Å²) in [6.07, 6.45) is 0. The van der Waals surface area contributed by atoms with Crippen LogP contribution < -0.4 is 11.2 Å². The van der Waals surface area contributed by atoms with Crippen LogP contribution in [0.3, 0.4) is 0 Å². The third kappa shape index (κ3) is 5.05. The normalized spacial score (nSPS) is 10.9. The lowest BCUT2D eigenvalue weighted by Gasteiger charge is -2.06. The number of benzene rings is 1. The molecule has 1 rings (SSSR count). The molecule has 0 heterocycles. The van der Waals surface area contributed by atoms with E-state index in [0.717, 1.165) is 0 Å². The van der Waals surface area contributed by atoms with Crippen molar-refractivity contribution in [1.29, 1.82) is 5.26 Å². The Bertz CT molecular complexity index is 592. The van der Waals surface area contributed by atoms with Crippen molar-refractivity contribution in [3.8, 4) is 6.07 Å². The molecule has 0 aliphatic carbocycles. The lowest BCUT2D eigenvalue weighted by Crippen LogP contribution is -2.28. The fraction of sp³-hybridized carbons (Fsp3) is 0.273. The highest BCUT2D eigenvalue weighted by Crippen LogP contribution is 2.12. The van der Waals surface area contributed by atoms with Crippen molar-refractivity contribution in [2.75, 3.05) is 18.9 Å². The smallest absolute Gasteiger partial charge is 0.245 e.